The van der Waals surface area contributed by atoms with Crippen molar-refractivity contribution in [1.82, 2.24) is 25.0 Å². The van der Waals surface area contributed by atoms with Crippen LogP contribution in [0.5, 0.6) is 0 Å². The molecule has 1 aliphatic carbocycles. The zero-order valence-electron chi connectivity index (χ0n) is 26.3. The third-order valence-electron chi connectivity index (χ3n) is 8.07. The van der Waals surface area contributed by atoms with Gasteiger partial charge in [-0.15, -0.1) is 11.3 Å². The summed E-state index contributed by atoms with van der Waals surface area (Å²) in [5.41, 5.74) is 4.62. The van der Waals surface area contributed by atoms with Crippen molar-refractivity contribution in [2.24, 2.45) is 0 Å². The largest absolute Gasteiger partial charge is 0.444 e. The highest BCUT2D eigenvalue weighted by atomic mass is 32.1. The molecule has 3 aliphatic rings. The lowest BCUT2D eigenvalue weighted by Crippen LogP contribution is -2.51. The van der Waals surface area contributed by atoms with Crippen LogP contribution < -0.4 is 5.32 Å². The molecular weight excluding hydrogens is 570 g/mol. The zero-order valence-corrected chi connectivity index (χ0v) is 27.1. The summed E-state index contributed by atoms with van der Waals surface area (Å²) in [6.07, 6.45) is 4.04. The van der Waals surface area contributed by atoms with Gasteiger partial charge in [0.1, 0.15) is 17.7 Å². The monoisotopic (exact) mass is 617 g/mol. The number of nitrogens with one attached hydrogen (secondary N) is 1. The van der Waals surface area contributed by atoms with Gasteiger partial charge in [-0.25, -0.2) is 9.78 Å². The smallest absolute Gasteiger partial charge is 0.410 e. The molecule has 2 N–H and O–H groups in total. The Morgan fingerprint density at radius 1 is 1.16 bits per heavy atom. The number of hydrogen-bond donors (Lipinski definition) is 2. The van der Waals surface area contributed by atoms with Gasteiger partial charge in [0.05, 0.1) is 22.2 Å². The van der Waals surface area contributed by atoms with E-state index in [2.05, 4.69) is 21.3 Å². The Labute approximate surface area is 258 Å². The molecule has 3 amide bonds. The fraction of sp³-hybridized carbons (Fsp3) is 0.677. The van der Waals surface area contributed by atoms with Crippen LogP contribution in [-0.4, -0.2) is 118 Å². The summed E-state index contributed by atoms with van der Waals surface area (Å²) in [7, 11) is 0. The molecule has 4 rings (SSSR count). The van der Waals surface area contributed by atoms with E-state index in [0.29, 0.717) is 19.7 Å². The van der Waals surface area contributed by atoms with Crippen LogP contribution in [-0.2, 0) is 19.1 Å². The number of thiazole rings is 1. The van der Waals surface area contributed by atoms with E-state index in [9.17, 15) is 19.5 Å². The average molecular weight is 618 g/mol. The molecule has 43 heavy (non-hydrogen) atoms. The number of allylic oxidation sites excluding steroid dienone is 3. The van der Waals surface area contributed by atoms with Gasteiger partial charge in [0.25, 0.3) is 5.91 Å². The van der Waals surface area contributed by atoms with Crippen LogP contribution in [0.4, 0.5) is 4.79 Å². The number of carbonyl (C=O) groups is 3. The van der Waals surface area contributed by atoms with Crippen LogP contribution in [0.15, 0.2) is 23.2 Å². The normalized spacial score (nSPS) is 22.7. The first-order valence-corrected chi connectivity index (χ1v) is 16.1. The number of carbonyl (C=O) groups excluding carboxylic acids is 3. The second-order valence-electron chi connectivity index (χ2n) is 12.7. The number of likely N-dealkylation sites (tertiary alicyclic amines) is 1. The Hall–Kier alpha value is -2.80. The average Bonchev–Trinajstić information content (AvgIpc) is 3.69. The molecule has 1 unspecified atom stereocenters. The number of amides is 3. The van der Waals surface area contributed by atoms with Crippen molar-refractivity contribution in [1.29, 1.82) is 0 Å². The predicted octanol–water partition coefficient (Wildman–Crippen LogP) is 2.98. The van der Waals surface area contributed by atoms with Crippen LogP contribution in [0.3, 0.4) is 0 Å². The number of aryl methyl sites for hydroxylation is 1. The lowest BCUT2D eigenvalue weighted by Gasteiger charge is -2.35. The molecule has 12 heteroatoms. The van der Waals surface area contributed by atoms with Gasteiger partial charge in [-0.3, -0.25) is 14.5 Å². The van der Waals surface area contributed by atoms with Gasteiger partial charge in [-0.1, -0.05) is 12.2 Å². The fourth-order valence-corrected chi connectivity index (χ4v) is 6.48. The third kappa shape index (κ3) is 8.87. The second-order valence-corrected chi connectivity index (χ2v) is 13.5. The first kappa shape index (κ1) is 33.1. The standard InChI is InChI=1S/C31H47N5O6S/c1-20(23-8-9-24(16-23)27-21(2)32-19-43-27)33-28(38)26-17-25(37)18-36(26)29(39)22(3)41-15-7-10-34-11-13-35(14-12-34)30(40)42-31(4,5)6/h8-9,19-20,22,25-26,37H,7,10-18H2,1-6H3,(H,33,38)/t20-,22?,25-,26+/m1/s1. The third-order valence-corrected chi connectivity index (χ3v) is 9.07. The van der Waals surface area contributed by atoms with E-state index in [0.717, 1.165) is 48.6 Å². The predicted molar refractivity (Wildman–Crippen MR) is 166 cm³/mol. The van der Waals surface area contributed by atoms with Crippen molar-refractivity contribution in [2.45, 2.75) is 90.7 Å². The molecule has 2 aliphatic heterocycles. The molecule has 4 atom stereocenters. The number of ether oxygens (including phenoxy) is 2. The summed E-state index contributed by atoms with van der Waals surface area (Å²) in [6.45, 7) is 15.3. The summed E-state index contributed by atoms with van der Waals surface area (Å²) in [4.78, 5) is 49.8. The minimum atomic E-state index is -0.755. The Morgan fingerprint density at radius 2 is 1.88 bits per heavy atom. The van der Waals surface area contributed by atoms with Gasteiger partial charge in [-0.05, 0) is 65.5 Å². The van der Waals surface area contributed by atoms with Crippen LogP contribution in [0, 0.1) is 6.92 Å². The maximum atomic E-state index is 13.3. The summed E-state index contributed by atoms with van der Waals surface area (Å²) in [5, 5.41) is 13.4. The zero-order chi connectivity index (χ0) is 31.3. The topological polar surface area (TPSA) is 125 Å². The highest BCUT2D eigenvalue weighted by Gasteiger charge is 2.41. The van der Waals surface area contributed by atoms with E-state index in [1.54, 1.807) is 23.2 Å². The maximum absolute atomic E-state index is 13.3. The van der Waals surface area contributed by atoms with Crippen molar-refractivity contribution < 1.29 is 29.0 Å². The van der Waals surface area contributed by atoms with Crippen LogP contribution in [0.25, 0.3) is 5.57 Å². The summed E-state index contributed by atoms with van der Waals surface area (Å²) < 4.78 is 11.3. The number of β-amino-alcohol motifs (C(OH)–C–C–N with tert-alkyl or cyclic N) is 1. The van der Waals surface area contributed by atoms with E-state index in [1.807, 2.05) is 46.2 Å². The first-order chi connectivity index (χ1) is 20.3. The molecule has 2 saturated heterocycles. The van der Waals surface area contributed by atoms with Crippen molar-refractivity contribution in [2.75, 3.05) is 45.9 Å². The van der Waals surface area contributed by atoms with Crippen molar-refractivity contribution in [3.8, 4) is 0 Å². The Kier molecular flexibility index (Phi) is 11.0. The van der Waals surface area contributed by atoms with Crippen LogP contribution >= 0.6 is 11.3 Å². The summed E-state index contributed by atoms with van der Waals surface area (Å²) >= 11 is 1.61. The number of nitrogens with zero attached hydrogens (tertiary/aromatic N) is 4. The molecule has 0 saturated carbocycles. The lowest BCUT2D eigenvalue weighted by atomic mass is 10.0. The van der Waals surface area contributed by atoms with Gasteiger partial charge in [-0.2, -0.15) is 0 Å². The molecule has 0 aromatic carbocycles. The lowest BCUT2D eigenvalue weighted by molar-refractivity contribution is -0.147. The molecular formula is C31H47N5O6S. The first-order valence-electron chi connectivity index (χ1n) is 15.2. The van der Waals surface area contributed by atoms with Crippen molar-refractivity contribution in [3.63, 3.8) is 0 Å². The number of aliphatic hydroxyl groups is 1. The molecule has 0 bridgehead atoms. The molecule has 0 radical (unpaired) electrons. The summed E-state index contributed by atoms with van der Waals surface area (Å²) in [6, 6.07) is -0.945. The molecule has 0 spiro atoms. The highest BCUT2D eigenvalue weighted by molar-refractivity contribution is 7.10. The maximum Gasteiger partial charge on any atom is 0.410 e. The van der Waals surface area contributed by atoms with E-state index in [4.69, 9.17) is 9.47 Å². The summed E-state index contributed by atoms with van der Waals surface area (Å²) in [5.74, 6) is -0.557. The van der Waals surface area contributed by atoms with E-state index in [1.165, 1.54) is 10.5 Å². The highest BCUT2D eigenvalue weighted by Crippen LogP contribution is 2.33. The van der Waals surface area contributed by atoms with E-state index in [-0.39, 0.29) is 36.9 Å². The van der Waals surface area contributed by atoms with Gasteiger partial charge >= 0.3 is 6.09 Å². The molecule has 11 nitrogen and oxygen atoms in total. The number of aliphatic hydroxyl groups excluding tert-OH is 1. The SMILES string of the molecule is Cc1ncsc1C1=CC=C([C@@H](C)NC(=O)[C@@H]2C[C@@H](O)CN2C(=O)C(C)OCCCN2CCN(C(=O)OC(C)(C)C)CC2)C1. The number of hydrogen-bond acceptors (Lipinski definition) is 9. The number of piperazine rings is 1. The van der Waals surface area contributed by atoms with Crippen molar-refractivity contribution >= 4 is 34.8 Å². The number of rotatable bonds is 10. The molecule has 1 aromatic rings. The molecule has 3 heterocycles. The minimum absolute atomic E-state index is 0.111. The Balaban J connectivity index is 1.18. The van der Waals surface area contributed by atoms with E-state index < -0.39 is 23.9 Å². The van der Waals surface area contributed by atoms with Crippen LogP contribution in [0.2, 0.25) is 0 Å². The Morgan fingerprint density at radius 3 is 2.53 bits per heavy atom. The fourth-order valence-electron chi connectivity index (χ4n) is 5.65. The Bertz CT molecular complexity index is 1220. The van der Waals surface area contributed by atoms with Crippen LogP contribution in [0.1, 0.15) is 64.5 Å². The molecule has 238 valence electrons. The van der Waals surface area contributed by atoms with Gasteiger partial charge in [0.15, 0.2) is 0 Å². The molecule has 2 fully saturated rings. The minimum Gasteiger partial charge on any atom is -0.444 e. The van der Waals surface area contributed by atoms with E-state index >= 15 is 0 Å². The van der Waals surface area contributed by atoms with Crippen molar-refractivity contribution in [3.05, 3.63) is 33.8 Å². The van der Waals surface area contributed by atoms with Gasteiger partial charge in [0.2, 0.25) is 5.91 Å². The second kappa shape index (κ2) is 14.3. The molecule has 1 aromatic heterocycles. The van der Waals surface area contributed by atoms with Gasteiger partial charge in [0, 0.05) is 58.3 Å². The van der Waals surface area contributed by atoms with Gasteiger partial charge < -0.3 is 29.7 Å². The quantitative estimate of drug-likeness (QED) is 0.384. The number of aromatic nitrogens is 1.